The molecule has 0 fully saturated rings. The number of hydrogen-bond acceptors (Lipinski definition) is 12. The summed E-state index contributed by atoms with van der Waals surface area (Å²) in [4.78, 5) is 47.1. The van der Waals surface area contributed by atoms with Gasteiger partial charge in [-0.25, -0.2) is 9.59 Å². The maximum absolute atomic E-state index is 12.5. The molecule has 2 aromatic rings. The lowest BCUT2D eigenvalue weighted by molar-refractivity contribution is -0.140. The molecule has 16 heteroatoms. The van der Waals surface area contributed by atoms with Crippen molar-refractivity contribution in [3.05, 3.63) is 56.2 Å². The molecule has 2 aliphatic rings. The Morgan fingerprint density at radius 2 is 1.14 bits per heavy atom. The first-order valence-electron chi connectivity index (χ1n) is 18.9. The Bertz CT molecular complexity index is 1830. The minimum Gasteiger partial charge on any atom is -0.496 e. The molecule has 2 aromatic carbocycles. The van der Waals surface area contributed by atoms with Crippen LogP contribution in [0.5, 0.6) is 23.0 Å². The summed E-state index contributed by atoms with van der Waals surface area (Å²) in [5.74, 6) is 1.41. The summed E-state index contributed by atoms with van der Waals surface area (Å²) in [5.41, 5.74) is 16.2. The van der Waals surface area contributed by atoms with Crippen LogP contribution in [0.1, 0.15) is 81.3 Å². The van der Waals surface area contributed by atoms with Crippen LogP contribution in [0.2, 0.25) is 51.4 Å². The van der Waals surface area contributed by atoms with Crippen LogP contribution >= 0.6 is 12.2 Å². The van der Waals surface area contributed by atoms with Gasteiger partial charge in [-0.3, -0.25) is 4.79 Å². The molecule has 0 aliphatic carbocycles. The van der Waals surface area contributed by atoms with E-state index in [1.165, 1.54) is 7.11 Å². The van der Waals surface area contributed by atoms with Crippen molar-refractivity contribution in [2.24, 2.45) is 11.5 Å². The Balaban J connectivity index is 0.000000536. The van der Waals surface area contributed by atoms with Crippen molar-refractivity contribution in [3.8, 4) is 23.0 Å². The summed E-state index contributed by atoms with van der Waals surface area (Å²) >= 11 is 4.09. The highest BCUT2D eigenvalue weighted by Gasteiger charge is 2.35. The van der Waals surface area contributed by atoms with Gasteiger partial charge in [-0.1, -0.05) is 58.4 Å². The summed E-state index contributed by atoms with van der Waals surface area (Å²) in [6, 6.07) is 1.95. The van der Waals surface area contributed by atoms with Crippen molar-refractivity contribution >= 4 is 57.7 Å². The highest BCUT2D eigenvalue weighted by Crippen LogP contribution is 2.44. The number of allylic oxidation sites excluding steroid dienone is 2. The summed E-state index contributed by atoms with van der Waals surface area (Å²) < 4.78 is 38.6. The van der Waals surface area contributed by atoms with Gasteiger partial charge in [0.25, 0.3) is 0 Å². The summed E-state index contributed by atoms with van der Waals surface area (Å²) in [7, 11) is 2.03. The smallest absolute Gasteiger partial charge is 0.342 e. The molecule has 4 N–H and O–H groups in total. The van der Waals surface area contributed by atoms with Gasteiger partial charge in [-0.05, 0) is 69.0 Å². The number of carbonyl (C=O) groups is 4. The first kappa shape index (κ1) is 51.6. The highest BCUT2D eigenvalue weighted by atomic mass is 32.1. The molecule has 4 rings (SSSR count). The maximum Gasteiger partial charge on any atom is 0.342 e. The second-order valence-electron chi connectivity index (χ2n) is 16.2. The molecular formula is C42H66N2O11SSi2. The van der Waals surface area contributed by atoms with Crippen molar-refractivity contribution in [1.29, 1.82) is 0 Å². The predicted octanol–water partition coefficient (Wildman–Crippen LogP) is 7.79. The van der Waals surface area contributed by atoms with Crippen molar-refractivity contribution in [2.45, 2.75) is 118 Å². The lowest BCUT2D eigenvalue weighted by atomic mass is 9.94. The Morgan fingerprint density at radius 3 is 1.48 bits per heavy atom. The molecule has 0 unspecified atom stereocenters. The number of esters is 3. The number of carbonyl (C=O) groups excluding carboxylic acids is 4. The third kappa shape index (κ3) is 14.8. The van der Waals surface area contributed by atoms with E-state index in [0.717, 1.165) is 57.5 Å². The summed E-state index contributed by atoms with van der Waals surface area (Å²) in [6.07, 6.45) is 4.50. The van der Waals surface area contributed by atoms with Crippen molar-refractivity contribution in [1.82, 2.24) is 0 Å². The lowest BCUT2D eigenvalue weighted by Crippen LogP contribution is -2.23. The van der Waals surface area contributed by atoms with Gasteiger partial charge in [0.2, 0.25) is 0 Å². The molecule has 2 aliphatic heterocycles. The quantitative estimate of drug-likeness (QED) is 0.0392. The number of methoxy groups -OCH3 is 3. The molecule has 0 spiro atoms. The number of thiocarbonyl (C=S) groups is 1. The van der Waals surface area contributed by atoms with Gasteiger partial charge in [0, 0.05) is 51.2 Å². The van der Waals surface area contributed by atoms with E-state index in [-0.39, 0.29) is 50.1 Å². The van der Waals surface area contributed by atoms with E-state index in [4.69, 9.17) is 33.2 Å². The number of aldehydes is 1. The molecule has 0 bridgehead atoms. The van der Waals surface area contributed by atoms with Gasteiger partial charge in [0.15, 0.2) is 5.11 Å². The highest BCUT2D eigenvalue weighted by molar-refractivity contribution is 7.80. The maximum atomic E-state index is 12.5. The molecule has 0 amide bonds. The Labute approximate surface area is 352 Å². The van der Waals surface area contributed by atoms with Gasteiger partial charge < -0.3 is 49.4 Å². The normalized spacial score (nSPS) is 12.9. The van der Waals surface area contributed by atoms with E-state index in [9.17, 15) is 19.2 Å². The molecule has 0 saturated carbocycles. The van der Waals surface area contributed by atoms with E-state index < -0.39 is 16.1 Å². The van der Waals surface area contributed by atoms with E-state index in [1.807, 2.05) is 20.8 Å². The third-order valence-electron chi connectivity index (χ3n) is 9.34. The topological polar surface area (TPSA) is 185 Å². The minimum absolute atomic E-state index is 0. The fourth-order valence-electron chi connectivity index (χ4n) is 6.12. The number of benzene rings is 2. The molecule has 324 valence electrons. The molecule has 0 atom stereocenters. The molecule has 58 heavy (non-hydrogen) atoms. The zero-order chi connectivity index (χ0) is 43.2. The minimum atomic E-state index is -1.29. The monoisotopic (exact) mass is 862 g/mol. The van der Waals surface area contributed by atoms with Crippen LogP contribution in [0.15, 0.2) is 11.6 Å². The van der Waals surface area contributed by atoms with Crippen LogP contribution in [0, 0.1) is 13.8 Å². The molecule has 0 radical (unpaired) electrons. The van der Waals surface area contributed by atoms with Crippen LogP contribution in [-0.2, 0) is 49.9 Å². The number of nitrogens with two attached hydrogens (primary N) is 2. The van der Waals surface area contributed by atoms with Crippen LogP contribution in [0.4, 0.5) is 0 Å². The summed E-state index contributed by atoms with van der Waals surface area (Å²) in [5, 5.41) is 0.000000000000000222. The average Bonchev–Trinajstić information content (AvgIpc) is 3.70. The number of hydrogen-bond donors (Lipinski definition) is 2. The van der Waals surface area contributed by atoms with Gasteiger partial charge in [0.1, 0.15) is 53.6 Å². The number of fused-ring (bicyclic) bond motifs is 2. The molecule has 2 heterocycles. The molecule has 0 saturated heterocycles. The Hall–Kier alpha value is -4.42. The van der Waals surface area contributed by atoms with Crippen molar-refractivity contribution in [3.63, 3.8) is 0 Å². The largest absolute Gasteiger partial charge is 0.496 e. The second-order valence-corrected chi connectivity index (χ2v) is 27.9. The average molecular weight is 863 g/mol. The summed E-state index contributed by atoms with van der Waals surface area (Å²) in [6.45, 7) is 21.0. The number of cyclic esters (lactones) is 2. The lowest BCUT2D eigenvalue weighted by Gasteiger charge is -2.21. The van der Waals surface area contributed by atoms with Crippen molar-refractivity contribution in [2.75, 3.05) is 34.5 Å². The van der Waals surface area contributed by atoms with Crippen LogP contribution in [-0.4, -0.2) is 80.0 Å². The van der Waals surface area contributed by atoms with Gasteiger partial charge >= 0.3 is 17.9 Å². The second kappa shape index (κ2) is 23.2. The van der Waals surface area contributed by atoms with Crippen molar-refractivity contribution < 1.29 is 52.3 Å². The third-order valence-corrected chi connectivity index (χ3v) is 12.8. The fourth-order valence-corrected chi connectivity index (χ4v) is 7.55. The molecule has 0 aromatic heterocycles. The Kier molecular flexibility index (Phi) is 20.7. The molecular weight excluding hydrogens is 797 g/mol. The molecule has 13 nitrogen and oxygen atoms in total. The van der Waals surface area contributed by atoms with Crippen LogP contribution in [0.3, 0.4) is 0 Å². The standard InChI is InChI=1S/C23H34O6Si.C17H24O5Si.CH4N2S.CH4/c1-15(9-11-19(24)26-3)8-10-17-21(27-4)16(2)18-14-29-23(25)20(18)22(17)28-12-13-30(5,6)7;1-11-13-10-22-17(19)14(13)16(21-8-9-23(3,4)5)12(6-7-18)15(11)20-2;2-1(3)4;/h8H,9-14H2,1-7H3;7H,6,8-10H2,1-5H3;(H4,2,3,4);1H4/b15-8+;;;. The van der Waals surface area contributed by atoms with E-state index in [1.54, 1.807) is 14.2 Å². The van der Waals surface area contributed by atoms with Gasteiger partial charge in [0.05, 0.1) is 34.5 Å². The van der Waals surface area contributed by atoms with E-state index in [2.05, 4.69) is 69.0 Å². The number of ether oxygens (including phenoxy) is 7. The number of rotatable bonds is 17. The fraction of sp³-hybridized carbons (Fsp3) is 0.548. The first-order chi connectivity index (χ1) is 26.6. The zero-order valence-electron chi connectivity index (χ0n) is 35.8. The Morgan fingerprint density at radius 1 is 0.741 bits per heavy atom. The first-order valence-corrected chi connectivity index (χ1v) is 26.7. The predicted molar refractivity (Wildman–Crippen MR) is 237 cm³/mol. The van der Waals surface area contributed by atoms with Gasteiger partial charge in [-0.2, -0.15) is 0 Å². The van der Waals surface area contributed by atoms with Crippen LogP contribution in [0.25, 0.3) is 0 Å². The van der Waals surface area contributed by atoms with Crippen LogP contribution < -0.4 is 30.4 Å². The SMILES string of the molecule is C.COC(=O)CC/C(C)=C/Cc1c(OC)c(C)c2c(c1OCC[Si](C)(C)C)C(=O)OC2.COc1c(C)c2c(c(OCC[Si](C)(C)C)c1CC=O)C(=O)OC2.NC(N)=S. The zero-order valence-corrected chi connectivity index (χ0v) is 38.6. The van der Waals surface area contributed by atoms with Gasteiger partial charge in [-0.15, -0.1) is 0 Å². The van der Waals surface area contributed by atoms with E-state index in [0.29, 0.717) is 66.4 Å². The van der Waals surface area contributed by atoms with E-state index >= 15 is 0 Å².